The lowest BCUT2D eigenvalue weighted by atomic mass is 10.2. The summed E-state index contributed by atoms with van der Waals surface area (Å²) >= 11 is 5.99. The third-order valence-electron chi connectivity index (χ3n) is 3.35. The summed E-state index contributed by atoms with van der Waals surface area (Å²) in [5.41, 5.74) is 0.717. The van der Waals surface area contributed by atoms with Crippen molar-refractivity contribution in [3.63, 3.8) is 0 Å². The Morgan fingerprint density at radius 1 is 1.18 bits per heavy atom. The number of sulfonamides is 1. The van der Waals surface area contributed by atoms with E-state index < -0.39 is 10.0 Å². The number of pyridine rings is 1. The smallest absolute Gasteiger partial charge is 0.285 e. The largest absolute Gasteiger partial charge is 0.324 e. The van der Waals surface area contributed by atoms with E-state index in [0.29, 0.717) is 11.3 Å². The first-order chi connectivity index (χ1) is 10.4. The first-order valence-corrected chi connectivity index (χ1v) is 8.24. The van der Waals surface area contributed by atoms with Crippen molar-refractivity contribution < 1.29 is 8.42 Å². The normalized spacial score (nSPS) is 11.8. The first kappa shape index (κ1) is 14.8. The molecule has 6 nitrogen and oxygen atoms in total. The van der Waals surface area contributed by atoms with Gasteiger partial charge in [-0.05, 0) is 18.2 Å². The molecular formula is C14H13ClN4O2S. The predicted molar refractivity (Wildman–Crippen MR) is 85.5 cm³/mol. The van der Waals surface area contributed by atoms with Crippen molar-refractivity contribution in [2.24, 2.45) is 7.05 Å². The maximum Gasteiger partial charge on any atom is 0.285 e. The Morgan fingerprint density at radius 2 is 1.91 bits per heavy atom. The third-order valence-corrected chi connectivity index (χ3v) is 5.60. The zero-order valence-electron chi connectivity index (χ0n) is 11.9. The minimum Gasteiger partial charge on any atom is -0.324 e. The summed E-state index contributed by atoms with van der Waals surface area (Å²) in [6.07, 6.45) is 1.36. The van der Waals surface area contributed by atoms with E-state index in [4.69, 9.17) is 11.6 Å². The van der Waals surface area contributed by atoms with Crippen molar-refractivity contribution in [1.29, 1.82) is 0 Å². The van der Waals surface area contributed by atoms with Crippen LogP contribution in [0.25, 0.3) is 10.9 Å². The van der Waals surface area contributed by atoms with Crippen LogP contribution in [0.4, 0.5) is 5.82 Å². The Hall–Kier alpha value is -2.12. The fourth-order valence-electron chi connectivity index (χ4n) is 2.05. The summed E-state index contributed by atoms with van der Waals surface area (Å²) in [5, 5.41) is 0.815. The molecule has 2 aromatic heterocycles. The summed E-state index contributed by atoms with van der Waals surface area (Å²) in [4.78, 5) is 8.24. The second-order valence-corrected chi connectivity index (χ2v) is 7.03. The van der Waals surface area contributed by atoms with Crippen LogP contribution in [-0.4, -0.2) is 30.0 Å². The van der Waals surface area contributed by atoms with Crippen LogP contribution in [0.1, 0.15) is 0 Å². The average molecular weight is 337 g/mol. The van der Waals surface area contributed by atoms with Crippen LogP contribution >= 0.6 is 11.6 Å². The van der Waals surface area contributed by atoms with Gasteiger partial charge in [-0.1, -0.05) is 29.8 Å². The average Bonchev–Trinajstić information content (AvgIpc) is 2.86. The topological polar surface area (TPSA) is 68.1 Å². The lowest BCUT2D eigenvalue weighted by Crippen LogP contribution is -2.28. The van der Waals surface area contributed by atoms with E-state index in [1.165, 1.54) is 17.9 Å². The summed E-state index contributed by atoms with van der Waals surface area (Å²) in [7, 11) is -0.808. The number of para-hydroxylation sites is 1. The molecule has 0 spiro atoms. The quantitative estimate of drug-likeness (QED) is 0.736. The van der Waals surface area contributed by atoms with E-state index in [0.717, 1.165) is 9.69 Å². The number of nitrogens with zero attached hydrogens (tertiary/aromatic N) is 4. The molecule has 0 aliphatic carbocycles. The van der Waals surface area contributed by atoms with Crippen molar-refractivity contribution in [2.75, 3.05) is 11.4 Å². The predicted octanol–water partition coefficient (Wildman–Crippen LogP) is 2.45. The number of hydrogen-bond donors (Lipinski definition) is 0. The van der Waals surface area contributed by atoms with Crippen LogP contribution in [0.5, 0.6) is 0 Å². The van der Waals surface area contributed by atoms with Crippen LogP contribution in [0, 0.1) is 0 Å². The molecule has 114 valence electrons. The SMILES string of the molecule is CN(c1ccc2ccccc2n1)S(=O)(=O)c1ncn(C)c1Cl. The molecular weight excluding hydrogens is 324 g/mol. The van der Waals surface area contributed by atoms with Gasteiger partial charge in [-0.3, -0.25) is 4.31 Å². The zero-order valence-corrected chi connectivity index (χ0v) is 13.5. The Bertz CT molecular complexity index is 952. The van der Waals surface area contributed by atoms with Gasteiger partial charge >= 0.3 is 0 Å². The summed E-state index contributed by atoms with van der Waals surface area (Å²) in [5.74, 6) is 0.306. The van der Waals surface area contributed by atoms with Crippen LogP contribution in [-0.2, 0) is 17.1 Å². The monoisotopic (exact) mass is 336 g/mol. The zero-order chi connectivity index (χ0) is 15.9. The van der Waals surface area contributed by atoms with Crippen LogP contribution in [0.15, 0.2) is 47.8 Å². The van der Waals surface area contributed by atoms with Gasteiger partial charge in [-0.15, -0.1) is 0 Å². The van der Waals surface area contributed by atoms with E-state index >= 15 is 0 Å². The molecule has 3 aromatic rings. The first-order valence-electron chi connectivity index (χ1n) is 6.43. The van der Waals surface area contributed by atoms with Gasteiger partial charge in [0.15, 0.2) is 0 Å². The maximum atomic E-state index is 12.6. The van der Waals surface area contributed by atoms with Crippen molar-refractivity contribution in [3.8, 4) is 0 Å². The standard InChI is InChI=1S/C14H13ClN4O2S/c1-18-9-16-14(13(18)15)22(20,21)19(2)12-8-7-10-5-3-4-6-11(10)17-12/h3-9H,1-2H3. The molecule has 0 saturated carbocycles. The number of benzene rings is 1. The molecule has 0 saturated heterocycles. The van der Waals surface area contributed by atoms with Crippen molar-refractivity contribution in [3.05, 3.63) is 47.9 Å². The molecule has 0 fully saturated rings. The molecule has 1 aromatic carbocycles. The van der Waals surface area contributed by atoms with Gasteiger partial charge < -0.3 is 4.57 Å². The van der Waals surface area contributed by atoms with Crippen LogP contribution < -0.4 is 4.31 Å². The number of imidazole rings is 1. The highest BCUT2D eigenvalue weighted by Crippen LogP contribution is 2.26. The highest BCUT2D eigenvalue weighted by Gasteiger charge is 2.28. The van der Waals surface area contributed by atoms with Gasteiger partial charge in [0, 0.05) is 19.5 Å². The fraction of sp³-hybridized carbons (Fsp3) is 0.143. The van der Waals surface area contributed by atoms with Gasteiger partial charge in [0.2, 0.25) is 5.03 Å². The molecule has 22 heavy (non-hydrogen) atoms. The minimum atomic E-state index is -3.86. The van der Waals surface area contributed by atoms with Crippen molar-refractivity contribution in [2.45, 2.75) is 5.03 Å². The lowest BCUT2D eigenvalue weighted by molar-refractivity contribution is 0.591. The maximum absolute atomic E-state index is 12.6. The summed E-state index contributed by atoms with van der Waals surface area (Å²) in [6, 6.07) is 11.0. The van der Waals surface area contributed by atoms with Gasteiger partial charge in [0.05, 0.1) is 11.8 Å². The second-order valence-electron chi connectivity index (χ2n) is 4.79. The number of aryl methyl sites for hydroxylation is 1. The number of rotatable bonds is 3. The molecule has 3 rings (SSSR count). The third kappa shape index (κ3) is 2.32. The minimum absolute atomic E-state index is 0.0626. The van der Waals surface area contributed by atoms with E-state index in [1.54, 1.807) is 13.1 Å². The molecule has 2 heterocycles. The van der Waals surface area contributed by atoms with E-state index in [1.807, 2.05) is 30.3 Å². The lowest BCUT2D eigenvalue weighted by Gasteiger charge is -2.17. The molecule has 0 aliphatic rings. The molecule has 0 N–H and O–H groups in total. The van der Waals surface area contributed by atoms with Crippen LogP contribution in [0.3, 0.4) is 0 Å². The Morgan fingerprint density at radius 3 is 2.59 bits per heavy atom. The fourth-order valence-corrected chi connectivity index (χ4v) is 3.58. The highest BCUT2D eigenvalue weighted by molar-refractivity contribution is 7.92. The summed E-state index contributed by atoms with van der Waals surface area (Å²) < 4.78 is 27.8. The van der Waals surface area contributed by atoms with Gasteiger partial charge in [-0.2, -0.15) is 8.42 Å². The molecule has 0 aliphatic heterocycles. The van der Waals surface area contributed by atoms with E-state index in [-0.39, 0.29) is 10.2 Å². The molecule has 8 heteroatoms. The number of halogens is 1. The molecule has 0 atom stereocenters. The molecule has 0 radical (unpaired) electrons. The van der Waals surface area contributed by atoms with Gasteiger partial charge in [-0.25, -0.2) is 9.97 Å². The van der Waals surface area contributed by atoms with Gasteiger partial charge in [0.25, 0.3) is 10.0 Å². The summed E-state index contributed by atoms with van der Waals surface area (Å²) in [6.45, 7) is 0. The van der Waals surface area contributed by atoms with Crippen molar-refractivity contribution >= 4 is 38.3 Å². The molecule has 0 amide bonds. The number of anilines is 1. The number of hydrogen-bond acceptors (Lipinski definition) is 4. The Balaban J connectivity index is 2.08. The second kappa shape index (κ2) is 5.26. The van der Waals surface area contributed by atoms with E-state index in [9.17, 15) is 8.42 Å². The van der Waals surface area contributed by atoms with Crippen LogP contribution in [0.2, 0.25) is 5.15 Å². The Labute approximate surface area is 133 Å². The number of fused-ring (bicyclic) bond motifs is 1. The highest BCUT2D eigenvalue weighted by atomic mass is 35.5. The van der Waals surface area contributed by atoms with Gasteiger partial charge in [0.1, 0.15) is 11.0 Å². The molecule has 0 bridgehead atoms. The van der Waals surface area contributed by atoms with E-state index in [2.05, 4.69) is 9.97 Å². The van der Waals surface area contributed by atoms with Crippen molar-refractivity contribution in [1.82, 2.24) is 14.5 Å². The Kier molecular flexibility index (Phi) is 3.54. The molecule has 0 unspecified atom stereocenters. The number of aromatic nitrogens is 3.